The number of rotatable bonds is 5. The molecule has 0 saturated carbocycles. The zero-order valence-electron chi connectivity index (χ0n) is 11.5. The van der Waals surface area contributed by atoms with Crippen LogP contribution in [0.4, 0.5) is 0 Å². The van der Waals surface area contributed by atoms with Gasteiger partial charge in [0.1, 0.15) is 5.75 Å². The Morgan fingerprint density at radius 2 is 2.06 bits per heavy atom. The third kappa shape index (κ3) is 2.99. The van der Waals surface area contributed by atoms with E-state index in [1.165, 1.54) is 5.56 Å². The van der Waals surface area contributed by atoms with Crippen molar-refractivity contribution in [1.29, 1.82) is 0 Å². The van der Waals surface area contributed by atoms with Gasteiger partial charge in [-0.05, 0) is 24.8 Å². The molecule has 17 heavy (non-hydrogen) atoms. The number of nitrogens with two attached hydrogens (primary N) is 1. The maximum atomic E-state index is 5.73. The van der Waals surface area contributed by atoms with Gasteiger partial charge < -0.3 is 4.74 Å². The largest absolute Gasteiger partial charge is 0.496 e. The number of hydrogen-bond donors (Lipinski definition) is 2. The number of methoxy groups -OCH3 is 1. The van der Waals surface area contributed by atoms with E-state index in [1.54, 1.807) is 7.11 Å². The molecular weight excluding hydrogens is 212 g/mol. The SMILES string of the molecule is CCC(C)(C)C(NN)c1cc(C)ccc1OC. The van der Waals surface area contributed by atoms with Gasteiger partial charge in [-0.1, -0.05) is 38.5 Å². The van der Waals surface area contributed by atoms with Crippen molar-refractivity contribution in [3.8, 4) is 5.75 Å². The molecule has 0 aliphatic rings. The highest BCUT2D eigenvalue weighted by Crippen LogP contribution is 2.39. The first kappa shape index (κ1) is 14.0. The molecule has 0 spiro atoms. The van der Waals surface area contributed by atoms with Crippen molar-refractivity contribution in [3.05, 3.63) is 29.3 Å². The summed E-state index contributed by atoms with van der Waals surface area (Å²) in [5.74, 6) is 6.62. The summed E-state index contributed by atoms with van der Waals surface area (Å²) in [4.78, 5) is 0. The minimum atomic E-state index is 0.0792. The van der Waals surface area contributed by atoms with Crippen LogP contribution in [-0.4, -0.2) is 7.11 Å². The number of ether oxygens (including phenoxy) is 1. The molecule has 0 aliphatic heterocycles. The van der Waals surface area contributed by atoms with Gasteiger partial charge in [-0.3, -0.25) is 11.3 Å². The summed E-state index contributed by atoms with van der Waals surface area (Å²) in [5.41, 5.74) is 5.35. The molecule has 0 bridgehead atoms. The Bertz CT molecular complexity index is 374. The molecule has 3 N–H and O–H groups in total. The van der Waals surface area contributed by atoms with Crippen molar-refractivity contribution >= 4 is 0 Å². The number of hydrazine groups is 1. The van der Waals surface area contributed by atoms with E-state index in [-0.39, 0.29) is 11.5 Å². The van der Waals surface area contributed by atoms with Crippen LogP contribution >= 0.6 is 0 Å². The highest BCUT2D eigenvalue weighted by molar-refractivity contribution is 5.40. The van der Waals surface area contributed by atoms with E-state index in [0.717, 1.165) is 17.7 Å². The van der Waals surface area contributed by atoms with E-state index in [1.807, 2.05) is 6.07 Å². The summed E-state index contributed by atoms with van der Waals surface area (Å²) >= 11 is 0. The first-order chi connectivity index (χ1) is 7.96. The fourth-order valence-corrected chi connectivity index (χ4v) is 2.02. The van der Waals surface area contributed by atoms with E-state index in [9.17, 15) is 0 Å². The van der Waals surface area contributed by atoms with Gasteiger partial charge in [0.25, 0.3) is 0 Å². The minimum absolute atomic E-state index is 0.0792. The lowest BCUT2D eigenvalue weighted by molar-refractivity contribution is 0.230. The molecule has 3 heteroatoms. The number of benzene rings is 1. The summed E-state index contributed by atoms with van der Waals surface area (Å²) in [6, 6.07) is 6.28. The van der Waals surface area contributed by atoms with Crippen LogP contribution in [0.5, 0.6) is 5.75 Å². The summed E-state index contributed by atoms with van der Waals surface area (Å²) in [5, 5.41) is 0. The topological polar surface area (TPSA) is 47.3 Å². The summed E-state index contributed by atoms with van der Waals surface area (Å²) in [7, 11) is 1.70. The summed E-state index contributed by atoms with van der Waals surface area (Å²) in [6.45, 7) is 8.67. The van der Waals surface area contributed by atoms with Crippen molar-refractivity contribution in [3.63, 3.8) is 0 Å². The van der Waals surface area contributed by atoms with Crippen LogP contribution < -0.4 is 16.0 Å². The molecule has 0 saturated heterocycles. The molecule has 3 nitrogen and oxygen atoms in total. The number of aryl methyl sites for hydroxylation is 1. The molecule has 96 valence electrons. The van der Waals surface area contributed by atoms with Crippen LogP contribution in [-0.2, 0) is 0 Å². The Morgan fingerprint density at radius 1 is 1.41 bits per heavy atom. The van der Waals surface area contributed by atoms with Crippen LogP contribution in [0.3, 0.4) is 0 Å². The molecule has 1 rings (SSSR count). The van der Waals surface area contributed by atoms with Crippen LogP contribution in [0, 0.1) is 12.3 Å². The molecule has 1 aromatic carbocycles. The fraction of sp³-hybridized carbons (Fsp3) is 0.571. The summed E-state index contributed by atoms with van der Waals surface area (Å²) in [6.07, 6.45) is 1.04. The van der Waals surface area contributed by atoms with Crippen molar-refractivity contribution in [1.82, 2.24) is 5.43 Å². The second-order valence-corrected chi connectivity index (χ2v) is 5.19. The zero-order chi connectivity index (χ0) is 13.1. The van der Waals surface area contributed by atoms with Crippen LogP contribution in [0.1, 0.15) is 44.4 Å². The van der Waals surface area contributed by atoms with Gasteiger partial charge >= 0.3 is 0 Å². The molecule has 1 atom stereocenters. The maximum Gasteiger partial charge on any atom is 0.123 e. The number of hydrogen-bond acceptors (Lipinski definition) is 3. The van der Waals surface area contributed by atoms with Gasteiger partial charge in [0, 0.05) is 5.56 Å². The van der Waals surface area contributed by atoms with Gasteiger partial charge in [-0.2, -0.15) is 0 Å². The molecule has 0 heterocycles. The second-order valence-electron chi connectivity index (χ2n) is 5.19. The second kappa shape index (κ2) is 5.52. The normalized spacial score (nSPS) is 13.5. The Labute approximate surface area is 104 Å². The van der Waals surface area contributed by atoms with E-state index in [2.05, 4.69) is 45.3 Å². The summed E-state index contributed by atoms with van der Waals surface area (Å²) < 4.78 is 5.43. The lowest BCUT2D eigenvalue weighted by Crippen LogP contribution is -2.38. The zero-order valence-corrected chi connectivity index (χ0v) is 11.5. The van der Waals surface area contributed by atoms with Crippen LogP contribution in [0.15, 0.2) is 18.2 Å². The van der Waals surface area contributed by atoms with E-state index in [4.69, 9.17) is 10.6 Å². The molecule has 0 aromatic heterocycles. The van der Waals surface area contributed by atoms with Gasteiger partial charge in [-0.15, -0.1) is 0 Å². The first-order valence-electron chi connectivity index (χ1n) is 6.07. The quantitative estimate of drug-likeness (QED) is 0.610. The van der Waals surface area contributed by atoms with Crippen LogP contribution in [0.2, 0.25) is 0 Å². The van der Waals surface area contributed by atoms with Crippen molar-refractivity contribution in [2.24, 2.45) is 11.3 Å². The van der Waals surface area contributed by atoms with E-state index in [0.29, 0.717) is 0 Å². The third-order valence-electron chi connectivity index (χ3n) is 3.56. The fourth-order valence-electron chi connectivity index (χ4n) is 2.02. The molecule has 0 fully saturated rings. The smallest absolute Gasteiger partial charge is 0.123 e. The van der Waals surface area contributed by atoms with Gasteiger partial charge in [0.2, 0.25) is 0 Å². The molecular formula is C14H24N2O. The van der Waals surface area contributed by atoms with Crippen molar-refractivity contribution in [2.75, 3.05) is 7.11 Å². The van der Waals surface area contributed by atoms with Gasteiger partial charge in [-0.25, -0.2) is 0 Å². The van der Waals surface area contributed by atoms with Crippen molar-refractivity contribution in [2.45, 2.75) is 40.2 Å². The van der Waals surface area contributed by atoms with E-state index < -0.39 is 0 Å². The highest BCUT2D eigenvalue weighted by Gasteiger charge is 2.30. The predicted molar refractivity (Wildman–Crippen MR) is 71.9 cm³/mol. The van der Waals surface area contributed by atoms with Gasteiger partial charge in [0.15, 0.2) is 0 Å². The Kier molecular flexibility index (Phi) is 4.54. The van der Waals surface area contributed by atoms with Crippen LogP contribution in [0.25, 0.3) is 0 Å². The lowest BCUT2D eigenvalue weighted by Gasteiger charge is -2.34. The Balaban J connectivity index is 3.23. The maximum absolute atomic E-state index is 5.73. The average Bonchev–Trinajstić information content (AvgIpc) is 2.30. The molecule has 0 amide bonds. The van der Waals surface area contributed by atoms with E-state index >= 15 is 0 Å². The molecule has 0 radical (unpaired) electrons. The molecule has 1 unspecified atom stereocenters. The lowest BCUT2D eigenvalue weighted by atomic mass is 9.78. The third-order valence-corrected chi connectivity index (χ3v) is 3.56. The minimum Gasteiger partial charge on any atom is -0.496 e. The molecule has 0 aliphatic carbocycles. The predicted octanol–water partition coefficient (Wildman–Crippen LogP) is 2.94. The highest BCUT2D eigenvalue weighted by atomic mass is 16.5. The average molecular weight is 236 g/mol. The number of nitrogens with one attached hydrogen (secondary N) is 1. The Morgan fingerprint density at radius 3 is 2.53 bits per heavy atom. The molecule has 1 aromatic rings. The monoisotopic (exact) mass is 236 g/mol. The first-order valence-corrected chi connectivity index (χ1v) is 6.07. The van der Waals surface area contributed by atoms with Crippen molar-refractivity contribution < 1.29 is 4.74 Å². The standard InChI is InChI=1S/C14H24N2O/c1-6-14(3,4)13(16-15)11-9-10(2)7-8-12(11)17-5/h7-9,13,16H,6,15H2,1-5H3. The Hall–Kier alpha value is -1.06. The van der Waals surface area contributed by atoms with Gasteiger partial charge in [0.05, 0.1) is 13.2 Å².